The molecule has 0 unspecified atom stereocenters. The Morgan fingerprint density at radius 3 is 0.972 bits per heavy atom. The van der Waals surface area contributed by atoms with E-state index in [-0.39, 0.29) is 0 Å². The van der Waals surface area contributed by atoms with Gasteiger partial charge in [0.05, 0.1) is 45.3 Å². The first-order valence-corrected chi connectivity index (χ1v) is 35.9. The van der Waals surface area contributed by atoms with Gasteiger partial charge in [-0.1, -0.05) is 267 Å². The fourth-order valence-electron chi connectivity index (χ4n) is 16.8. The minimum absolute atomic E-state index is 0.654. The number of nitrogens with zero attached hydrogens (tertiary/aromatic N) is 5. The summed E-state index contributed by atoms with van der Waals surface area (Å²) in [7, 11) is 0. The summed E-state index contributed by atoms with van der Waals surface area (Å²) in [6.07, 6.45) is 3.78. The summed E-state index contributed by atoms with van der Waals surface area (Å²) in [5.41, 5.74) is 22.0. The van der Waals surface area contributed by atoms with Crippen LogP contribution >= 0.6 is 0 Å². The molecule has 0 N–H and O–H groups in total. The average Bonchev–Trinajstić information content (AvgIpc) is 0.995. The van der Waals surface area contributed by atoms with E-state index in [4.69, 9.17) is 0 Å². The highest BCUT2D eigenvalue weighted by molar-refractivity contribution is 6.26. The van der Waals surface area contributed by atoms with Gasteiger partial charge < -0.3 is 9.13 Å². The Labute approximate surface area is 611 Å². The predicted octanol–water partition coefficient (Wildman–Crippen LogP) is 26.8. The van der Waals surface area contributed by atoms with Crippen molar-refractivity contribution in [3.05, 3.63) is 381 Å². The SMILES string of the molecule is N#Cc1ccc2c3ccc(-c4ccc(-c5cc6c7ccccc7c(-c7cccc8ccccc78)cc6c6ccccc56)cc4)cc3n(-c3ccccc3)c2c1.N#Cc1ccc2c3ccc(-c4ccc(-c5cc6c7ccccc7c(-c7cccnc7)cc6c6ccccc56)cc4)cc3n(-c3ccccc3)c2c1. The van der Waals surface area contributed by atoms with E-state index in [0.717, 1.165) is 72.0 Å². The number of hydrogen-bond acceptors (Lipinski definition) is 3. The lowest BCUT2D eigenvalue weighted by molar-refractivity contribution is 1.18. The molecule has 106 heavy (non-hydrogen) atoms. The van der Waals surface area contributed by atoms with Gasteiger partial charge in [0, 0.05) is 50.9 Å². The van der Waals surface area contributed by atoms with Crippen LogP contribution in [0.2, 0.25) is 0 Å². The molecule has 18 aromatic carbocycles. The molecule has 3 aromatic heterocycles. The number of hydrogen-bond donors (Lipinski definition) is 0. The molecule has 0 atom stereocenters. The highest BCUT2D eigenvalue weighted by Gasteiger charge is 2.21. The molecule has 3 heterocycles. The molecular weight excluding hydrogens is 1280 g/mol. The zero-order valence-electron chi connectivity index (χ0n) is 57.5. The molecular formula is C101H61N5. The number of rotatable bonds is 8. The molecule has 5 heteroatoms. The number of pyridine rings is 1. The first-order chi connectivity index (χ1) is 52.5. The van der Waals surface area contributed by atoms with E-state index >= 15 is 0 Å². The van der Waals surface area contributed by atoms with Crippen molar-refractivity contribution in [3.8, 4) is 90.3 Å². The number of nitriles is 2. The second-order valence-electron chi connectivity index (χ2n) is 27.5. The summed E-state index contributed by atoms with van der Waals surface area (Å²) in [5.74, 6) is 0. The van der Waals surface area contributed by atoms with Crippen LogP contribution in [0.1, 0.15) is 11.1 Å². The van der Waals surface area contributed by atoms with Crippen molar-refractivity contribution in [2.75, 3.05) is 0 Å². The molecule has 0 saturated heterocycles. The molecule has 0 aliphatic carbocycles. The normalized spacial score (nSPS) is 11.6. The third kappa shape index (κ3) is 10.2. The van der Waals surface area contributed by atoms with Crippen molar-refractivity contribution in [1.29, 1.82) is 10.5 Å². The first-order valence-electron chi connectivity index (χ1n) is 35.9. The maximum absolute atomic E-state index is 9.71. The van der Waals surface area contributed by atoms with Crippen molar-refractivity contribution >= 4 is 119 Å². The van der Waals surface area contributed by atoms with Crippen molar-refractivity contribution < 1.29 is 0 Å². The van der Waals surface area contributed by atoms with Crippen molar-refractivity contribution in [2.45, 2.75) is 0 Å². The smallest absolute Gasteiger partial charge is 0.0992 e. The van der Waals surface area contributed by atoms with Crippen molar-refractivity contribution in [3.63, 3.8) is 0 Å². The minimum Gasteiger partial charge on any atom is -0.309 e. The molecule has 0 saturated carbocycles. The standard InChI is InChI=1S/C53H32N2.C48H29N3/c54-33-34-21-27-46-47-28-26-38(30-53(47)55(52(46)29-34)39-13-2-1-3-14-39)35-22-24-37(25-23-35)48-31-50-45-19-9-8-18-44(45)49(32-51(50)43-17-7-6-16-42(43)48)41-20-10-12-36-11-4-5-15-40(36)41;49-29-31-16-22-41-42-23-21-34(26-48(42)51(47(41)25-31)36-10-2-1-3-11-36)32-17-19-33(20-18-32)43-27-45-40-15-7-5-13-38(40)44(35-9-8-24-50-30-35)28-46(45)39-14-6-4-12-37(39)43/h1-32H;1-28,30H. The summed E-state index contributed by atoms with van der Waals surface area (Å²) in [6, 6.07) is 133. The molecule has 490 valence electrons. The third-order valence-electron chi connectivity index (χ3n) is 21.7. The molecule has 0 fully saturated rings. The Morgan fingerprint density at radius 2 is 0.547 bits per heavy atom. The Hall–Kier alpha value is -14.5. The van der Waals surface area contributed by atoms with Gasteiger partial charge >= 0.3 is 0 Å². The fourth-order valence-corrected chi connectivity index (χ4v) is 16.8. The first kappa shape index (κ1) is 61.4. The highest BCUT2D eigenvalue weighted by Crippen LogP contribution is 2.47. The molecule has 21 rings (SSSR count). The van der Waals surface area contributed by atoms with E-state index < -0.39 is 0 Å². The van der Waals surface area contributed by atoms with Crippen LogP contribution in [0.15, 0.2) is 370 Å². The number of para-hydroxylation sites is 2. The third-order valence-corrected chi connectivity index (χ3v) is 21.7. The number of fused-ring (bicyclic) bond motifs is 17. The lowest BCUT2D eigenvalue weighted by Gasteiger charge is -2.17. The van der Waals surface area contributed by atoms with Crippen LogP contribution in [-0.4, -0.2) is 14.1 Å². The Balaban J connectivity index is 0.000000141. The maximum Gasteiger partial charge on any atom is 0.0992 e. The summed E-state index contributed by atoms with van der Waals surface area (Å²) in [6.45, 7) is 0. The largest absolute Gasteiger partial charge is 0.309 e. The van der Waals surface area contributed by atoms with Gasteiger partial charge in [0.25, 0.3) is 0 Å². The number of benzene rings is 18. The molecule has 0 radical (unpaired) electrons. The lowest BCUT2D eigenvalue weighted by atomic mass is 9.86. The zero-order valence-corrected chi connectivity index (χ0v) is 57.5. The van der Waals surface area contributed by atoms with Crippen molar-refractivity contribution in [1.82, 2.24) is 14.1 Å². The summed E-state index contributed by atoms with van der Waals surface area (Å²) in [4.78, 5) is 4.43. The maximum atomic E-state index is 9.71. The Kier molecular flexibility index (Phi) is 14.6. The van der Waals surface area contributed by atoms with Crippen LogP contribution in [-0.2, 0) is 0 Å². The van der Waals surface area contributed by atoms with Gasteiger partial charge in [0.15, 0.2) is 0 Å². The van der Waals surface area contributed by atoms with Gasteiger partial charge in [0.1, 0.15) is 0 Å². The molecule has 5 nitrogen and oxygen atoms in total. The highest BCUT2D eigenvalue weighted by atomic mass is 15.0. The fraction of sp³-hybridized carbons (Fsp3) is 0. The zero-order chi connectivity index (χ0) is 70.3. The summed E-state index contributed by atoms with van der Waals surface area (Å²) < 4.78 is 4.55. The monoisotopic (exact) mass is 1340 g/mol. The van der Waals surface area contributed by atoms with Gasteiger partial charge in [-0.25, -0.2) is 0 Å². The average molecular weight is 1340 g/mol. The van der Waals surface area contributed by atoms with Crippen molar-refractivity contribution in [2.24, 2.45) is 0 Å². The van der Waals surface area contributed by atoms with Crippen LogP contribution in [0.4, 0.5) is 0 Å². The van der Waals surface area contributed by atoms with E-state index in [0.29, 0.717) is 11.1 Å². The van der Waals surface area contributed by atoms with Crippen LogP contribution in [0, 0.1) is 22.7 Å². The van der Waals surface area contributed by atoms with Gasteiger partial charge in [-0.05, 0) is 228 Å². The second-order valence-corrected chi connectivity index (χ2v) is 27.5. The van der Waals surface area contributed by atoms with Gasteiger partial charge in [-0.2, -0.15) is 10.5 Å². The molecule has 0 bridgehead atoms. The molecule has 0 amide bonds. The van der Waals surface area contributed by atoms with Gasteiger partial charge in [-0.15, -0.1) is 0 Å². The molecule has 21 aromatic rings. The van der Waals surface area contributed by atoms with E-state index in [2.05, 4.69) is 342 Å². The van der Waals surface area contributed by atoms with Crippen LogP contribution < -0.4 is 0 Å². The predicted molar refractivity (Wildman–Crippen MR) is 444 cm³/mol. The Bertz CT molecular complexity index is 7240. The van der Waals surface area contributed by atoms with E-state index in [1.165, 1.54) is 125 Å². The molecule has 0 aliphatic heterocycles. The topological polar surface area (TPSA) is 70.3 Å². The quantitative estimate of drug-likeness (QED) is 0.142. The van der Waals surface area contributed by atoms with Gasteiger partial charge in [0.2, 0.25) is 0 Å². The van der Waals surface area contributed by atoms with E-state index in [9.17, 15) is 10.5 Å². The van der Waals surface area contributed by atoms with E-state index in [1.807, 2.05) is 54.9 Å². The lowest BCUT2D eigenvalue weighted by Crippen LogP contribution is -1.93. The Morgan fingerprint density at radius 1 is 0.208 bits per heavy atom. The van der Waals surface area contributed by atoms with E-state index in [1.54, 1.807) is 0 Å². The summed E-state index contributed by atoms with van der Waals surface area (Å²) >= 11 is 0. The van der Waals surface area contributed by atoms with Crippen LogP contribution in [0.3, 0.4) is 0 Å². The van der Waals surface area contributed by atoms with Crippen LogP contribution in [0.25, 0.3) is 197 Å². The second kappa shape index (κ2) is 25.2. The summed E-state index contributed by atoms with van der Waals surface area (Å²) in [5, 5.41) is 41.5. The number of aromatic nitrogens is 3. The van der Waals surface area contributed by atoms with Crippen LogP contribution in [0.5, 0.6) is 0 Å². The van der Waals surface area contributed by atoms with Gasteiger partial charge in [-0.3, -0.25) is 4.98 Å². The minimum atomic E-state index is 0.654. The molecule has 0 aliphatic rings. The molecule has 0 spiro atoms.